The van der Waals surface area contributed by atoms with Crippen molar-refractivity contribution in [2.24, 2.45) is 22.7 Å². The Kier molecular flexibility index (Phi) is 5.48. The van der Waals surface area contributed by atoms with E-state index in [-0.39, 0.29) is 36.5 Å². The highest BCUT2D eigenvalue weighted by molar-refractivity contribution is 5.81. The highest BCUT2D eigenvalue weighted by Gasteiger charge is 2.69. The molecule has 0 N–H and O–H groups in total. The summed E-state index contributed by atoms with van der Waals surface area (Å²) >= 11 is 0. The average Bonchev–Trinajstić information content (AvgIpc) is 3.33. The molecule has 0 aromatic carbocycles. The van der Waals surface area contributed by atoms with E-state index in [0.717, 1.165) is 24.0 Å². The highest BCUT2D eigenvalue weighted by Crippen LogP contribution is 2.66. The lowest BCUT2D eigenvalue weighted by atomic mass is 9.45. The van der Waals surface area contributed by atoms with E-state index in [1.165, 1.54) is 13.8 Å². The normalized spacial score (nSPS) is 37.0. The van der Waals surface area contributed by atoms with E-state index in [0.29, 0.717) is 12.8 Å². The molecule has 4 rings (SSSR count). The predicted octanol–water partition coefficient (Wildman–Crippen LogP) is 4.13. The fourth-order valence-electron chi connectivity index (χ4n) is 6.35. The number of fused-ring (bicyclic) bond motifs is 2. The third kappa shape index (κ3) is 3.29. The van der Waals surface area contributed by atoms with Crippen molar-refractivity contribution in [2.45, 2.75) is 65.6 Å². The molecule has 7 nitrogen and oxygen atoms in total. The summed E-state index contributed by atoms with van der Waals surface area (Å²) in [4.78, 5) is 37.4. The number of carbonyl (C=O) groups is 3. The summed E-state index contributed by atoms with van der Waals surface area (Å²) in [6.45, 7) is 6.87. The molecule has 6 atom stereocenters. The third-order valence-corrected chi connectivity index (χ3v) is 7.80. The van der Waals surface area contributed by atoms with E-state index in [1.807, 2.05) is 19.9 Å². The first-order chi connectivity index (χ1) is 14.7. The summed E-state index contributed by atoms with van der Waals surface area (Å²) in [5, 5.41) is 0. The summed E-state index contributed by atoms with van der Waals surface area (Å²) < 4.78 is 22.5. The van der Waals surface area contributed by atoms with Gasteiger partial charge in [0.2, 0.25) is 0 Å². The van der Waals surface area contributed by atoms with E-state index in [1.54, 1.807) is 12.5 Å². The minimum atomic E-state index is -0.758. The zero-order valence-electron chi connectivity index (χ0n) is 18.5. The lowest BCUT2D eigenvalue weighted by Gasteiger charge is -2.59. The number of cyclic esters (lactones) is 1. The Hall–Kier alpha value is -2.57. The molecule has 0 bridgehead atoms. The van der Waals surface area contributed by atoms with E-state index >= 15 is 0 Å². The minimum absolute atomic E-state index is 0.0670. The molecule has 2 heterocycles. The quantitative estimate of drug-likeness (QED) is 0.403. The van der Waals surface area contributed by atoms with E-state index in [9.17, 15) is 14.4 Å². The van der Waals surface area contributed by atoms with Gasteiger partial charge >= 0.3 is 17.9 Å². The Balaban J connectivity index is 1.82. The van der Waals surface area contributed by atoms with Gasteiger partial charge in [0.05, 0.1) is 23.4 Å². The van der Waals surface area contributed by atoms with Crippen molar-refractivity contribution in [1.82, 2.24) is 0 Å². The molecule has 1 aliphatic heterocycles. The molecule has 1 spiro atoms. The van der Waals surface area contributed by atoms with Crippen molar-refractivity contribution in [2.75, 3.05) is 6.61 Å². The largest absolute Gasteiger partial charge is 0.472 e. The van der Waals surface area contributed by atoms with Gasteiger partial charge in [0.1, 0.15) is 18.8 Å². The fraction of sp³-hybridized carbons (Fsp3) is 0.625. The zero-order chi connectivity index (χ0) is 22.4. The lowest BCUT2D eigenvalue weighted by Crippen LogP contribution is -2.63. The van der Waals surface area contributed by atoms with Crippen molar-refractivity contribution < 1.29 is 33.0 Å². The van der Waals surface area contributed by atoms with Crippen molar-refractivity contribution in [1.29, 1.82) is 0 Å². The van der Waals surface area contributed by atoms with E-state index in [2.05, 4.69) is 6.08 Å². The predicted molar refractivity (Wildman–Crippen MR) is 109 cm³/mol. The Morgan fingerprint density at radius 1 is 1.26 bits per heavy atom. The van der Waals surface area contributed by atoms with Crippen LogP contribution in [0.4, 0.5) is 0 Å². The first-order valence-electron chi connectivity index (χ1n) is 10.9. The van der Waals surface area contributed by atoms with Crippen molar-refractivity contribution in [3.05, 3.63) is 35.8 Å². The maximum atomic E-state index is 13.6. The van der Waals surface area contributed by atoms with Crippen LogP contribution in [0.25, 0.3) is 0 Å². The molecule has 0 unspecified atom stereocenters. The molecule has 1 saturated heterocycles. The first kappa shape index (κ1) is 21.7. The van der Waals surface area contributed by atoms with Gasteiger partial charge in [-0.1, -0.05) is 18.6 Å². The number of rotatable bonds is 4. The molecule has 7 heteroatoms. The number of allylic oxidation sites excluding steroid dienone is 1. The van der Waals surface area contributed by atoms with Crippen LogP contribution >= 0.6 is 0 Å². The molecule has 1 aromatic rings. The lowest BCUT2D eigenvalue weighted by molar-refractivity contribution is -0.195. The van der Waals surface area contributed by atoms with Crippen LogP contribution in [-0.4, -0.2) is 30.6 Å². The van der Waals surface area contributed by atoms with Crippen LogP contribution < -0.4 is 0 Å². The van der Waals surface area contributed by atoms with Gasteiger partial charge in [-0.05, 0) is 44.1 Å². The van der Waals surface area contributed by atoms with Crippen molar-refractivity contribution in [3.63, 3.8) is 0 Å². The van der Waals surface area contributed by atoms with Crippen LogP contribution in [0, 0.1) is 22.7 Å². The van der Waals surface area contributed by atoms with Crippen LogP contribution in [0.15, 0.2) is 34.7 Å². The maximum absolute atomic E-state index is 13.6. The third-order valence-electron chi connectivity index (χ3n) is 7.80. The smallest absolute Gasteiger partial charge is 0.313 e. The Morgan fingerprint density at radius 2 is 2.03 bits per heavy atom. The molecule has 31 heavy (non-hydrogen) atoms. The highest BCUT2D eigenvalue weighted by atomic mass is 16.6. The average molecular weight is 430 g/mol. The topological polar surface area (TPSA) is 92.0 Å². The van der Waals surface area contributed by atoms with Gasteiger partial charge in [-0.15, -0.1) is 0 Å². The molecule has 0 amide bonds. The molecular formula is C24H30O7. The van der Waals surface area contributed by atoms with E-state index in [4.69, 9.17) is 18.6 Å². The fourth-order valence-corrected chi connectivity index (χ4v) is 6.35. The van der Waals surface area contributed by atoms with Crippen LogP contribution in [-0.2, 0) is 28.6 Å². The first-order valence-corrected chi connectivity index (χ1v) is 10.9. The standard InChI is InChI=1S/C24H30O7/c1-14-6-5-7-20-23(11-19(31-22(23)27)18-8-9-28-12-18)15(2)10-21(30-17(4)26)24(14,20)13-29-16(3)25/h6,8-9,12,15,19-21H,5,7,10-11,13H2,1-4H3/t15-,19+,20-,21+,23+,24+/m1/s1. The van der Waals surface area contributed by atoms with E-state index < -0.39 is 22.9 Å². The Bertz CT molecular complexity index is 901. The molecule has 1 aromatic heterocycles. The van der Waals surface area contributed by atoms with Crippen molar-refractivity contribution >= 4 is 17.9 Å². The van der Waals surface area contributed by atoms with Gasteiger partial charge in [0.25, 0.3) is 0 Å². The Labute approximate surface area is 182 Å². The minimum Gasteiger partial charge on any atom is -0.472 e. The molecule has 2 aliphatic carbocycles. The van der Waals surface area contributed by atoms with Crippen LogP contribution in [0.3, 0.4) is 0 Å². The number of furan rings is 1. The summed E-state index contributed by atoms with van der Waals surface area (Å²) in [7, 11) is 0. The maximum Gasteiger partial charge on any atom is 0.313 e. The SMILES string of the molecule is CC(=O)OC[C@]12C(C)=CCC[C@@H]1[C@]1(C[C@@H](c3ccoc3)OC1=O)[C@H](C)C[C@@H]2OC(C)=O. The summed E-state index contributed by atoms with van der Waals surface area (Å²) in [5.74, 6) is -1.24. The monoisotopic (exact) mass is 430 g/mol. The Morgan fingerprint density at radius 3 is 2.68 bits per heavy atom. The summed E-state index contributed by atoms with van der Waals surface area (Å²) in [6.07, 6.45) is 7.02. The van der Waals surface area contributed by atoms with Gasteiger partial charge in [-0.25, -0.2) is 0 Å². The summed E-state index contributed by atoms with van der Waals surface area (Å²) in [5.41, 5.74) is 0.330. The molecule has 2 fully saturated rings. The van der Waals surface area contributed by atoms with Crippen molar-refractivity contribution in [3.8, 4) is 0 Å². The number of hydrogen-bond acceptors (Lipinski definition) is 7. The van der Waals surface area contributed by atoms with Crippen LogP contribution in [0.5, 0.6) is 0 Å². The van der Waals surface area contributed by atoms with Crippen LogP contribution in [0.2, 0.25) is 0 Å². The van der Waals surface area contributed by atoms with Gasteiger partial charge in [-0.2, -0.15) is 0 Å². The van der Waals surface area contributed by atoms with Gasteiger partial charge in [-0.3, -0.25) is 14.4 Å². The number of hydrogen-bond donors (Lipinski definition) is 0. The molecule has 1 saturated carbocycles. The number of carbonyl (C=O) groups excluding carboxylic acids is 3. The number of ether oxygens (including phenoxy) is 3. The van der Waals surface area contributed by atoms with Gasteiger partial charge < -0.3 is 18.6 Å². The molecule has 0 radical (unpaired) electrons. The summed E-state index contributed by atoms with van der Waals surface area (Å²) in [6, 6.07) is 1.82. The second-order valence-electron chi connectivity index (χ2n) is 9.27. The van der Waals surface area contributed by atoms with Gasteiger partial charge in [0.15, 0.2) is 0 Å². The number of esters is 3. The van der Waals surface area contributed by atoms with Gasteiger partial charge in [0, 0.05) is 25.8 Å². The molecular weight excluding hydrogens is 400 g/mol. The van der Waals surface area contributed by atoms with Crippen LogP contribution in [0.1, 0.15) is 65.0 Å². The zero-order valence-corrected chi connectivity index (χ0v) is 18.5. The molecule has 168 valence electrons. The second-order valence-corrected chi connectivity index (χ2v) is 9.27. The molecule has 3 aliphatic rings. The second kappa shape index (κ2) is 7.84.